The molecule has 0 fully saturated rings. The molecule has 0 saturated heterocycles. The molecular formula is C14H12ClF3O3. The molecule has 0 aliphatic carbocycles. The molecule has 1 aliphatic heterocycles. The molecule has 0 bridgehead atoms. The maximum Gasteiger partial charge on any atom is 0.432 e. The Balaban J connectivity index is 2.69. The van der Waals surface area contributed by atoms with Crippen molar-refractivity contribution in [1.29, 1.82) is 0 Å². The van der Waals surface area contributed by atoms with E-state index in [4.69, 9.17) is 16.3 Å². The van der Waals surface area contributed by atoms with Gasteiger partial charge in [0, 0.05) is 5.56 Å². The maximum atomic E-state index is 13.2. The number of hydrogen-bond acceptors (Lipinski definition) is 3. The van der Waals surface area contributed by atoms with Crippen molar-refractivity contribution in [3.05, 3.63) is 34.4 Å². The zero-order valence-corrected chi connectivity index (χ0v) is 12.2. The quantitative estimate of drug-likeness (QED) is 0.773. The number of carbonyl (C=O) groups is 1. The number of hydrogen-bond donors (Lipinski definition) is 0. The normalized spacial score (nSPS) is 22.5. The number of para-hydroxylation sites is 1. The Morgan fingerprint density at radius 1 is 1.33 bits per heavy atom. The van der Waals surface area contributed by atoms with Gasteiger partial charge < -0.3 is 9.47 Å². The summed E-state index contributed by atoms with van der Waals surface area (Å²) in [6.45, 7) is 2.04. The number of halogens is 4. The lowest BCUT2D eigenvalue weighted by Gasteiger charge is -2.27. The van der Waals surface area contributed by atoms with Crippen LogP contribution in [0, 0.1) is 0 Å². The number of alkyl halides is 3. The fourth-order valence-electron chi connectivity index (χ4n) is 2.20. The van der Waals surface area contributed by atoms with Crippen molar-refractivity contribution in [3.8, 4) is 5.75 Å². The number of ether oxygens (including phenoxy) is 2. The molecule has 7 heteroatoms. The van der Waals surface area contributed by atoms with Crippen LogP contribution in [0.25, 0.3) is 5.57 Å². The number of benzene rings is 1. The van der Waals surface area contributed by atoms with Gasteiger partial charge >= 0.3 is 12.1 Å². The van der Waals surface area contributed by atoms with Crippen LogP contribution < -0.4 is 4.74 Å². The van der Waals surface area contributed by atoms with Gasteiger partial charge in [0.2, 0.25) is 5.60 Å². The van der Waals surface area contributed by atoms with Crippen LogP contribution in [0.3, 0.4) is 0 Å². The van der Waals surface area contributed by atoms with Crippen molar-refractivity contribution < 1.29 is 27.4 Å². The number of cyclic esters (lactones) is 1. The van der Waals surface area contributed by atoms with Crippen molar-refractivity contribution in [2.75, 3.05) is 7.11 Å². The highest BCUT2D eigenvalue weighted by Crippen LogP contribution is 2.48. The minimum Gasteiger partial charge on any atom is -0.495 e. The van der Waals surface area contributed by atoms with Crippen LogP contribution in [-0.4, -0.2) is 24.9 Å². The standard InChI is InChI=1S/C14H12ClF3O3/c1-7-10(8-5-4-6-9(15)11(8)20-3)12(19)21-13(7,2)14(16,17)18/h4-6H,1-3H3/t13-/m1/s1. The van der Waals surface area contributed by atoms with Crippen LogP contribution in [0.5, 0.6) is 5.75 Å². The molecule has 3 nitrogen and oxygen atoms in total. The van der Waals surface area contributed by atoms with E-state index in [2.05, 4.69) is 4.74 Å². The van der Waals surface area contributed by atoms with Gasteiger partial charge in [0.25, 0.3) is 0 Å². The fourth-order valence-corrected chi connectivity index (χ4v) is 2.45. The van der Waals surface area contributed by atoms with Gasteiger partial charge in [-0.1, -0.05) is 23.7 Å². The van der Waals surface area contributed by atoms with E-state index >= 15 is 0 Å². The summed E-state index contributed by atoms with van der Waals surface area (Å²) in [4.78, 5) is 11.9. The van der Waals surface area contributed by atoms with E-state index in [1.54, 1.807) is 0 Å². The van der Waals surface area contributed by atoms with E-state index < -0.39 is 17.7 Å². The first-order chi connectivity index (χ1) is 9.63. The van der Waals surface area contributed by atoms with Crippen molar-refractivity contribution in [3.63, 3.8) is 0 Å². The van der Waals surface area contributed by atoms with E-state index in [0.29, 0.717) is 0 Å². The summed E-state index contributed by atoms with van der Waals surface area (Å²) < 4.78 is 49.1. The molecule has 1 heterocycles. The van der Waals surface area contributed by atoms with Crippen LogP contribution in [0.4, 0.5) is 13.2 Å². The first-order valence-corrected chi connectivity index (χ1v) is 6.35. The monoisotopic (exact) mass is 320 g/mol. The van der Waals surface area contributed by atoms with E-state index in [1.807, 2.05) is 0 Å². The number of methoxy groups -OCH3 is 1. The highest BCUT2D eigenvalue weighted by atomic mass is 35.5. The van der Waals surface area contributed by atoms with Gasteiger partial charge in [0.15, 0.2) is 0 Å². The largest absolute Gasteiger partial charge is 0.495 e. The van der Waals surface area contributed by atoms with Gasteiger partial charge in [0.05, 0.1) is 17.7 Å². The summed E-state index contributed by atoms with van der Waals surface area (Å²) in [6.07, 6.45) is -4.71. The van der Waals surface area contributed by atoms with Crippen molar-refractivity contribution in [2.45, 2.75) is 25.6 Å². The topological polar surface area (TPSA) is 35.5 Å². The van der Waals surface area contributed by atoms with Crippen LogP contribution >= 0.6 is 11.6 Å². The number of carbonyl (C=O) groups excluding carboxylic acids is 1. The Kier molecular flexibility index (Phi) is 3.70. The zero-order chi connectivity index (χ0) is 16.0. The highest BCUT2D eigenvalue weighted by Gasteiger charge is 2.60. The van der Waals surface area contributed by atoms with E-state index in [-0.39, 0.29) is 27.5 Å². The smallest absolute Gasteiger partial charge is 0.432 e. The SMILES string of the molecule is COc1c(Cl)cccc1C1=C(C)[C@](C)(C(F)(F)F)OC1=O. The van der Waals surface area contributed by atoms with Crippen LogP contribution in [-0.2, 0) is 9.53 Å². The third kappa shape index (κ3) is 2.27. The third-order valence-corrected chi connectivity index (χ3v) is 3.87. The van der Waals surface area contributed by atoms with Gasteiger partial charge in [-0.05, 0) is 25.5 Å². The first kappa shape index (κ1) is 15.7. The van der Waals surface area contributed by atoms with Crippen LogP contribution in [0.1, 0.15) is 19.4 Å². The van der Waals surface area contributed by atoms with Crippen molar-refractivity contribution in [1.82, 2.24) is 0 Å². The molecule has 0 amide bonds. The second-order valence-corrected chi connectivity index (χ2v) is 5.15. The Bertz CT molecular complexity index is 637. The molecule has 0 N–H and O–H groups in total. The molecule has 0 unspecified atom stereocenters. The summed E-state index contributed by atoms with van der Waals surface area (Å²) in [6, 6.07) is 4.51. The number of esters is 1. The lowest BCUT2D eigenvalue weighted by molar-refractivity contribution is -0.242. The Labute approximate surface area is 124 Å². The molecular weight excluding hydrogens is 309 g/mol. The molecule has 21 heavy (non-hydrogen) atoms. The molecule has 114 valence electrons. The lowest BCUT2D eigenvalue weighted by atomic mass is 9.91. The Hall–Kier alpha value is -1.69. The van der Waals surface area contributed by atoms with E-state index in [9.17, 15) is 18.0 Å². The number of rotatable bonds is 2. The summed E-state index contributed by atoms with van der Waals surface area (Å²) in [7, 11) is 1.32. The minimum atomic E-state index is -4.71. The summed E-state index contributed by atoms with van der Waals surface area (Å²) in [5.74, 6) is -0.912. The lowest BCUT2D eigenvalue weighted by Crippen LogP contribution is -2.43. The molecule has 0 spiro atoms. The summed E-state index contributed by atoms with van der Waals surface area (Å²) in [5.41, 5.74) is -2.86. The molecule has 1 aromatic rings. The molecule has 0 saturated carbocycles. The highest BCUT2D eigenvalue weighted by molar-refractivity contribution is 6.33. The summed E-state index contributed by atoms with van der Waals surface area (Å²) >= 11 is 5.94. The van der Waals surface area contributed by atoms with E-state index in [1.165, 1.54) is 32.2 Å². The van der Waals surface area contributed by atoms with Crippen LogP contribution in [0.2, 0.25) is 5.02 Å². The summed E-state index contributed by atoms with van der Waals surface area (Å²) in [5, 5.41) is 0.198. The second kappa shape index (κ2) is 4.94. The zero-order valence-electron chi connectivity index (χ0n) is 11.5. The molecule has 1 aliphatic rings. The van der Waals surface area contributed by atoms with Gasteiger partial charge in [-0.15, -0.1) is 0 Å². The first-order valence-electron chi connectivity index (χ1n) is 5.97. The predicted molar refractivity (Wildman–Crippen MR) is 71.2 cm³/mol. The minimum absolute atomic E-state index is 0.136. The average molecular weight is 321 g/mol. The molecule has 0 aromatic heterocycles. The molecule has 2 rings (SSSR count). The second-order valence-electron chi connectivity index (χ2n) is 4.74. The van der Waals surface area contributed by atoms with Gasteiger partial charge in [-0.25, -0.2) is 4.79 Å². The predicted octanol–water partition coefficient (Wildman–Crippen LogP) is 4.00. The van der Waals surface area contributed by atoms with Crippen LogP contribution in [0.15, 0.2) is 23.8 Å². The fraction of sp³-hybridized carbons (Fsp3) is 0.357. The Morgan fingerprint density at radius 2 is 1.95 bits per heavy atom. The van der Waals surface area contributed by atoms with Crippen molar-refractivity contribution >= 4 is 23.1 Å². The maximum absolute atomic E-state index is 13.2. The molecule has 1 atom stereocenters. The molecule has 0 radical (unpaired) electrons. The van der Waals surface area contributed by atoms with Gasteiger partial charge in [-0.2, -0.15) is 13.2 Å². The third-order valence-electron chi connectivity index (χ3n) is 3.57. The van der Waals surface area contributed by atoms with Gasteiger partial charge in [0.1, 0.15) is 5.75 Å². The van der Waals surface area contributed by atoms with Gasteiger partial charge in [-0.3, -0.25) is 0 Å². The molecule has 1 aromatic carbocycles. The average Bonchev–Trinajstić information content (AvgIpc) is 2.60. The van der Waals surface area contributed by atoms with Crippen molar-refractivity contribution in [2.24, 2.45) is 0 Å². The Morgan fingerprint density at radius 3 is 2.43 bits per heavy atom. The van der Waals surface area contributed by atoms with E-state index in [0.717, 1.165) is 6.92 Å².